The van der Waals surface area contributed by atoms with Crippen LogP contribution in [0.15, 0.2) is 47.1 Å². The molecule has 2 rings (SSSR count). The number of nitrogens with zero attached hydrogens (tertiary/aromatic N) is 1. The van der Waals surface area contributed by atoms with Gasteiger partial charge in [0.1, 0.15) is 11.4 Å². The van der Waals surface area contributed by atoms with Crippen molar-refractivity contribution < 1.29 is 9.53 Å². The second-order valence-corrected chi connectivity index (χ2v) is 4.56. The van der Waals surface area contributed by atoms with Crippen molar-refractivity contribution in [2.24, 2.45) is 0 Å². The van der Waals surface area contributed by atoms with Crippen LogP contribution in [0.3, 0.4) is 0 Å². The molecule has 0 spiro atoms. The van der Waals surface area contributed by atoms with Crippen LogP contribution < -0.4 is 4.74 Å². The number of halogens is 1. The summed E-state index contributed by atoms with van der Waals surface area (Å²) in [5.41, 5.74) is 1.04. The summed E-state index contributed by atoms with van der Waals surface area (Å²) in [5, 5.41) is 0. The first-order valence-electron chi connectivity index (χ1n) is 5.60. The summed E-state index contributed by atoms with van der Waals surface area (Å²) in [6.07, 6.45) is 1.61. The number of aromatic nitrogens is 1. The van der Waals surface area contributed by atoms with Crippen molar-refractivity contribution in [3.63, 3.8) is 0 Å². The molecule has 0 amide bonds. The van der Waals surface area contributed by atoms with E-state index in [1.807, 2.05) is 6.92 Å². The number of pyridine rings is 1. The summed E-state index contributed by atoms with van der Waals surface area (Å²) in [5.74, 6) is 0.670. The Kier molecular flexibility index (Phi) is 4.10. The fourth-order valence-corrected chi connectivity index (χ4v) is 1.76. The molecule has 0 N–H and O–H groups in total. The van der Waals surface area contributed by atoms with Gasteiger partial charge in [-0.25, -0.2) is 0 Å². The van der Waals surface area contributed by atoms with E-state index in [4.69, 9.17) is 4.74 Å². The molecule has 0 fully saturated rings. The van der Waals surface area contributed by atoms with Crippen LogP contribution in [0.2, 0.25) is 0 Å². The van der Waals surface area contributed by atoms with Gasteiger partial charge >= 0.3 is 0 Å². The predicted molar refractivity (Wildman–Crippen MR) is 73.0 cm³/mol. The monoisotopic (exact) mass is 305 g/mol. The summed E-state index contributed by atoms with van der Waals surface area (Å²) in [6, 6.07) is 10.6. The van der Waals surface area contributed by atoms with Crippen LogP contribution in [-0.2, 0) is 0 Å². The Hall–Kier alpha value is -1.68. The Balaban J connectivity index is 2.20. The van der Waals surface area contributed by atoms with Gasteiger partial charge in [0, 0.05) is 16.2 Å². The van der Waals surface area contributed by atoms with Crippen molar-refractivity contribution >= 4 is 21.7 Å². The highest BCUT2D eigenvalue weighted by Crippen LogP contribution is 2.15. The number of rotatable bonds is 4. The second kappa shape index (κ2) is 5.78. The van der Waals surface area contributed by atoms with E-state index in [9.17, 15) is 4.79 Å². The van der Waals surface area contributed by atoms with Crippen LogP contribution >= 0.6 is 15.9 Å². The average Bonchev–Trinajstić information content (AvgIpc) is 2.40. The summed E-state index contributed by atoms with van der Waals surface area (Å²) in [6.45, 7) is 2.53. The zero-order valence-corrected chi connectivity index (χ0v) is 11.5. The Morgan fingerprint density at radius 3 is 2.50 bits per heavy atom. The van der Waals surface area contributed by atoms with E-state index < -0.39 is 0 Å². The maximum Gasteiger partial charge on any atom is 0.211 e. The van der Waals surface area contributed by atoms with Crippen molar-refractivity contribution in [3.05, 3.63) is 58.3 Å². The molecule has 0 radical (unpaired) electrons. The zero-order valence-electron chi connectivity index (χ0n) is 9.89. The first-order chi connectivity index (χ1) is 8.70. The van der Waals surface area contributed by atoms with E-state index >= 15 is 0 Å². The zero-order chi connectivity index (χ0) is 13.0. The molecule has 4 heteroatoms. The van der Waals surface area contributed by atoms with Gasteiger partial charge in [0.25, 0.3) is 0 Å². The molecule has 0 saturated carbocycles. The second-order valence-electron chi connectivity index (χ2n) is 3.65. The normalized spacial score (nSPS) is 10.1. The summed E-state index contributed by atoms with van der Waals surface area (Å²) in [4.78, 5) is 16.2. The van der Waals surface area contributed by atoms with E-state index in [1.54, 1.807) is 42.6 Å². The molecule has 0 atom stereocenters. The fraction of sp³-hybridized carbons (Fsp3) is 0.143. The quantitative estimate of drug-likeness (QED) is 0.812. The number of ketones is 1. The largest absolute Gasteiger partial charge is 0.494 e. The molecule has 92 valence electrons. The van der Waals surface area contributed by atoms with Crippen LogP contribution in [0.5, 0.6) is 5.75 Å². The molecule has 0 aliphatic rings. The standard InChI is InChI=1S/C14H12BrNO2/c1-2-18-12-6-3-10(4-7-12)14(17)13-8-5-11(15)9-16-13/h3-9H,2H2,1H3. The molecule has 18 heavy (non-hydrogen) atoms. The first kappa shape index (κ1) is 12.8. The molecule has 3 nitrogen and oxygen atoms in total. The Morgan fingerprint density at radius 2 is 1.94 bits per heavy atom. The van der Waals surface area contributed by atoms with Crippen LogP contribution in [-0.4, -0.2) is 17.4 Å². The van der Waals surface area contributed by atoms with Crippen molar-refractivity contribution in [1.29, 1.82) is 0 Å². The Labute approximate surface area is 114 Å². The minimum atomic E-state index is -0.0921. The molecule has 0 unspecified atom stereocenters. The highest BCUT2D eigenvalue weighted by Gasteiger charge is 2.10. The lowest BCUT2D eigenvalue weighted by molar-refractivity contribution is 0.103. The summed E-state index contributed by atoms with van der Waals surface area (Å²) in [7, 11) is 0. The third-order valence-corrected chi connectivity index (χ3v) is 2.86. The molecule has 0 saturated heterocycles. The van der Waals surface area contributed by atoms with E-state index in [0.717, 1.165) is 10.2 Å². The Bertz CT molecular complexity index is 535. The lowest BCUT2D eigenvalue weighted by Gasteiger charge is -2.04. The van der Waals surface area contributed by atoms with Crippen molar-refractivity contribution in [3.8, 4) is 5.75 Å². The van der Waals surface area contributed by atoms with Gasteiger partial charge in [0.15, 0.2) is 0 Å². The lowest BCUT2D eigenvalue weighted by Crippen LogP contribution is -2.03. The SMILES string of the molecule is CCOc1ccc(C(=O)c2ccc(Br)cn2)cc1. The van der Waals surface area contributed by atoms with Crippen LogP contribution in [0, 0.1) is 0 Å². The molecule has 2 aromatic rings. The van der Waals surface area contributed by atoms with Gasteiger partial charge in [-0.3, -0.25) is 9.78 Å². The number of ether oxygens (including phenoxy) is 1. The van der Waals surface area contributed by atoms with Gasteiger partial charge in [-0.15, -0.1) is 0 Å². The molecular weight excluding hydrogens is 294 g/mol. The van der Waals surface area contributed by atoms with Gasteiger partial charge in [-0.2, -0.15) is 0 Å². The fourth-order valence-electron chi connectivity index (χ4n) is 1.53. The van der Waals surface area contributed by atoms with Gasteiger partial charge in [0.2, 0.25) is 5.78 Å². The number of hydrogen-bond donors (Lipinski definition) is 0. The van der Waals surface area contributed by atoms with E-state index in [2.05, 4.69) is 20.9 Å². The van der Waals surface area contributed by atoms with Crippen LogP contribution in [0.1, 0.15) is 23.0 Å². The van der Waals surface area contributed by atoms with Crippen molar-refractivity contribution in [2.45, 2.75) is 6.92 Å². The summed E-state index contributed by atoms with van der Waals surface area (Å²) < 4.78 is 6.18. The van der Waals surface area contributed by atoms with Crippen molar-refractivity contribution in [1.82, 2.24) is 4.98 Å². The Morgan fingerprint density at radius 1 is 1.22 bits per heavy atom. The maximum absolute atomic E-state index is 12.1. The molecule has 1 aromatic carbocycles. The van der Waals surface area contributed by atoms with E-state index in [-0.39, 0.29) is 5.78 Å². The molecule has 0 bridgehead atoms. The predicted octanol–water partition coefficient (Wildman–Crippen LogP) is 3.47. The number of benzene rings is 1. The van der Waals surface area contributed by atoms with E-state index in [0.29, 0.717) is 17.9 Å². The van der Waals surface area contributed by atoms with Crippen LogP contribution in [0.25, 0.3) is 0 Å². The third-order valence-electron chi connectivity index (χ3n) is 2.39. The number of carbonyl (C=O) groups is 1. The molecular formula is C14H12BrNO2. The van der Waals surface area contributed by atoms with E-state index in [1.165, 1.54) is 0 Å². The van der Waals surface area contributed by atoms with Gasteiger partial charge in [-0.05, 0) is 59.3 Å². The minimum Gasteiger partial charge on any atom is -0.494 e. The van der Waals surface area contributed by atoms with Gasteiger partial charge in [-0.1, -0.05) is 0 Å². The highest BCUT2D eigenvalue weighted by atomic mass is 79.9. The highest BCUT2D eigenvalue weighted by molar-refractivity contribution is 9.10. The number of hydrogen-bond acceptors (Lipinski definition) is 3. The van der Waals surface area contributed by atoms with Crippen molar-refractivity contribution in [2.75, 3.05) is 6.61 Å². The maximum atomic E-state index is 12.1. The third kappa shape index (κ3) is 2.96. The van der Waals surface area contributed by atoms with Gasteiger partial charge < -0.3 is 4.74 Å². The number of carbonyl (C=O) groups excluding carboxylic acids is 1. The van der Waals surface area contributed by atoms with Gasteiger partial charge in [0.05, 0.1) is 6.61 Å². The molecule has 1 heterocycles. The first-order valence-corrected chi connectivity index (χ1v) is 6.39. The lowest BCUT2D eigenvalue weighted by atomic mass is 10.1. The topological polar surface area (TPSA) is 39.2 Å². The molecule has 1 aromatic heterocycles. The smallest absolute Gasteiger partial charge is 0.211 e. The molecule has 0 aliphatic carbocycles. The van der Waals surface area contributed by atoms with Crippen LogP contribution in [0.4, 0.5) is 0 Å². The summed E-state index contributed by atoms with van der Waals surface area (Å²) >= 11 is 3.29. The minimum absolute atomic E-state index is 0.0921. The average molecular weight is 306 g/mol. The molecule has 0 aliphatic heterocycles.